The maximum absolute atomic E-state index is 13.6. The molecule has 21 heavy (non-hydrogen) atoms. The number of amides is 2. The van der Waals surface area contributed by atoms with Crippen LogP contribution in [0.3, 0.4) is 0 Å². The third kappa shape index (κ3) is 3.49. The van der Waals surface area contributed by atoms with E-state index in [0.717, 1.165) is 18.2 Å². The molecule has 2 atom stereocenters. The molecule has 1 saturated heterocycles. The summed E-state index contributed by atoms with van der Waals surface area (Å²) >= 11 is 0. The average molecular weight is 296 g/mol. The van der Waals surface area contributed by atoms with Crippen LogP contribution in [0.15, 0.2) is 18.2 Å². The van der Waals surface area contributed by atoms with Gasteiger partial charge in [0.1, 0.15) is 5.82 Å². The molecule has 7 heteroatoms. The monoisotopic (exact) mass is 296 g/mol. The first-order valence-electron chi connectivity index (χ1n) is 6.65. The Morgan fingerprint density at radius 3 is 2.76 bits per heavy atom. The number of carbonyl (C=O) groups excluding carboxylic acids is 1. The summed E-state index contributed by atoms with van der Waals surface area (Å²) in [5.74, 6) is -1.88. The number of likely N-dealkylation sites (tertiary alicyclic amines) is 1. The smallest absolute Gasteiger partial charge is 0.335 e. The van der Waals surface area contributed by atoms with Gasteiger partial charge in [0.2, 0.25) is 0 Å². The van der Waals surface area contributed by atoms with Crippen LogP contribution >= 0.6 is 0 Å². The van der Waals surface area contributed by atoms with Gasteiger partial charge in [-0.2, -0.15) is 0 Å². The number of nitrogens with one attached hydrogen (secondary N) is 1. The summed E-state index contributed by atoms with van der Waals surface area (Å²) in [4.78, 5) is 24.4. The van der Waals surface area contributed by atoms with Crippen molar-refractivity contribution in [3.8, 4) is 0 Å². The molecular formula is C14H17FN2O4. The highest BCUT2D eigenvalue weighted by atomic mass is 19.1. The molecule has 6 nitrogen and oxygen atoms in total. The van der Waals surface area contributed by atoms with Crippen LogP contribution in [0.4, 0.5) is 14.9 Å². The minimum absolute atomic E-state index is 0.00551. The minimum Gasteiger partial charge on any atom is -0.478 e. The number of nitrogens with zero attached hydrogens (tertiary/aromatic N) is 1. The number of aliphatic hydroxyl groups is 1. The Hall–Kier alpha value is -2.15. The highest BCUT2D eigenvalue weighted by Gasteiger charge is 2.29. The summed E-state index contributed by atoms with van der Waals surface area (Å²) in [5, 5.41) is 20.7. The van der Waals surface area contributed by atoms with E-state index in [1.807, 2.05) is 0 Å². The van der Waals surface area contributed by atoms with Gasteiger partial charge < -0.3 is 20.4 Å². The number of urea groups is 1. The van der Waals surface area contributed by atoms with Crippen molar-refractivity contribution in [3.05, 3.63) is 29.6 Å². The second kappa shape index (κ2) is 6.09. The molecule has 1 aliphatic heterocycles. The lowest BCUT2D eigenvalue weighted by Crippen LogP contribution is -2.34. The maximum atomic E-state index is 13.6. The fraction of sp³-hybridized carbons (Fsp3) is 0.429. The Kier molecular flexibility index (Phi) is 4.42. The van der Waals surface area contributed by atoms with Gasteiger partial charge in [-0.25, -0.2) is 14.0 Å². The van der Waals surface area contributed by atoms with Crippen LogP contribution < -0.4 is 5.32 Å². The number of benzene rings is 1. The summed E-state index contributed by atoms with van der Waals surface area (Å²) < 4.78 is 13.6. The molecule has 1 aromatic rings. The second-order valence-electron chi connectivity index (χ2n) is 5.17. The Bertz CT molecular complexity index is 562. The maximum Gasteiger partial charge on any atom is 0.335 e. The number of rotatable bonds is 3. The van der Waals surface area contributed by atoms with Crippen molar-refractivity contribution in [2.45, 2.75) is 19.4 Å². The van der Waals surface area contributed by atoms with Crippen molar-refractivity contribution in [2.75, 3.05) is 18.4 Å². The number of carboxylic acid groups (broad SMARTS) is 1. The molecule has 1 fully saturated rings. The molecular weight excluding hydrogens is 279 g/mol. The quantitative estimate of drug-likeness (QED) is 0.792. The lowest BCUT2D eigenvalue weighted by molar-refractivity contribution is 0.0696. The molecule has 0 aromatic heterocycles. The van der Waals surface area contributed by atoms with Crippen LogP contribution in [0.2, 0.25) is 0 Å². The molecule has 2 unspecified atom stereocenters. The van der Waals surface area contributed by atoms with Gasteiger partial charge in [-0.05, 0) is 31.5 Å². The lowest BCUT2D eigenvalue weighted by atomic mass is 10.0. The van der Waals surface area contributed by atoms with E-state index in [1.165, 1.54) is 4.90 Å². The van der Waals surface area contributed by atoms with E-state index in [9.17, 15) is 19.1 Å². The van der Waals surface area contributed by atoms with Crippen LogP contribution in [0, 0.1) is 11.7 Å². The van der Waals surface area contributed by atoms with Gasteiger partial charge in [-0.1, -0.05) is 0 Å². The lowest BCUT2D eigenvalue weighted by Gasteiger charge is -2.18. The summed E-state index contributed by atoms with van der Waals surface area (Å²) in [5.41, 5.74) is -0.268. The zero-order valence-corrected chi connectivity index (χ0v) is 11.5. The van der Waals surface area contributed by atoms with Gasteiger partial charge in [0.05, 0.1) is 17.4 Å². The normalized spacial score (nSPS) is 19.4. The van der Waals surface area contributed by atoms with Gasteiger partial charge in [-0.3, -0.25) is 0 Å². The largest absolute Gasteiger partial charge is 0.478 e. The van der Waals surface area contributed by atoms with Crippen molar-refractivity contribution in [2.24, 2.45) is 5.92 Å². The van der Waals surface area contributed by atoms with Crippen molar-refractivity contribution >= 4 is 17.7 Å². The van der Waals surface area contributed by atoms with E-state index < -0.39 is 23.9 Å². The fourth-order valence-corrected chi connectivity index (χ4v) is 2.31. The molecule has 0 radical (unpaired) electrons. The zero-order valence-electron chi connectivity index (χ0n) is 11.5. The Balaban J connectivity index is 2.06. The predicted octanol–water partition coefficient (Wildman–Crippen LogP) is 1.76. The molecule has 2 amide bonds. The topological polar surface area (TPSA) is 89.9 Å². The fourth-order valence-electron chi connectivity index (χ4n) is 2.31. The van der Waals surface area contributed by atoms with Crippen LogP contribution in [0.25, 0.3) is 0 Å². The third-order valence-electron chi connectivity index (χ3n) is 3.65. The number of hydrogen-bond donors (Lipinski definition) is 3. The first-order valence-corrected chi connectivity index (χ1v) is 6.65. The third-order valence-corrected chi connectivity index (χ3v) is 3.65. The molecule has 0 aliphatic carbocycles. The van der Waals surface area contributed by atoms with Gasteiger partial charge in [-0.15, -0.1) is 0 Å². The number of aliphatic hydroxyl groups excluding tert-OH is 1. The van der Waals surface area contributed by atoms with E-state index >= 15 is 0 Å². The molecule has 0 saturated carbocycles. The van der Waals surface area contributed by atoms with Crippen molar-refractivity contribution < 1.29 is 24.2 Å². The number of carboxylic acids is 1. The molecule has 0 spiro atoms. The molecule has 3 N–H and O–H groups in total. The molecule has 0 bridgehead atoms. The van der Waals surface area contributed by atoms with Crippen LogP contribution in [-0.4, -0.2) is 46.3 Å². The van der Waals surface area contributed by atoms with Gasteiger partial charge in [0.15, 0.2) is 0 Å². The van der Waals surface area contributed by atoms with E-state index in [-0.39, 0.29) is 17.2 Å². The molecule has 114 valence electrons. The van der Waals surface area contributed by atoms with Crippen LogP contribution in [0.5, 0.6) is 0 Å². The van der Waals surface area contributed by atoms with E-state index in [2.05, 4.69) is 5.32 Å². The number of carbonyl (C=O) groups is 2. The highest BCUT2D eigenvalue weighted by Crippen LogP contribution is 2.22. The summed E-state index contributed by atoms with van der Waals surface area (Å²) in [6, 6.07) is 2.71. The molecule has 1 aromatic carbocycles. The summed E-state index contributed by atoms with van der Waals surface area (Å²) in [6.07, 6.45) is 0.179. The second-order valence-corrected chi connectivity index (χ2v) is 5.17. The van der Waals surface area contributed by atoms with Crippen LogP contribution in [0.1, 0.15) is 23.7 Å². The van der Waals surface area contributed by atoms with E-state index in [4.69, 9.17) is 5.11 Å². The predicted molar refractivity (Wildman–Crippen MR) is 73.7 cm³/mol. The van der Waals surface area contributed by atoms with Crippen LogP contribution in [-0.2, 0) is 0 Å². The SMILES string of the molecule is CC(O)C1CCN(C(=O)Nc2cc(C(=O)O)ccc2F)C1. The Morgan fingerprint density at radius 2 is 2.19 bits per heavy atom. The number of halogens is 1. The van der Waals surface area contributed by atoms with Crippen molar-refractivity contribution in [1.82, 2.24) is 4.90 Å². The minimum atomic E-state index is -1.19. The van der Waals surface area contributed by atoms with Gasteiger partial charge >= 0.3 is 12.0 Å². The first kappa shape index (κ1) is 15.2. The standard InChI is InChI=1S/C14H17FN2O4/c1-8(18)10-4-5-17(7-10)14(21)16-12-6-9(13(19)20)2-3-11(12)15/h2-3,6,8,10,18H,4-5,7H2,1H3,(H,16,21)(H,19,20). The molecule has 1 aliphatic rings. The first-order chi connectivity index (χ1) is 9.88. The van der Waals surface area contributed by atoms with E-state index in [0.29, 0.717) is 19.5 Å². The highest BCUT2D eigenvalue weighted by molar-refractivity contribution is 5.93. The Morgan fingerprint density at radius 1 is 1.48 bits per heavy atom. The molecule has 1 heterocycles. The van der Waals surface area contributed by atoms with Crippen molar-refractivity contribution in [1.29, 1.82) is 0 Å². The summed E-state index contributed by atoms with van der Waals surface area (Å²) in [6.45, 7) is 2.54. The van der Waals surface area contributed by atoms with Gasteiger partial charge in [0.25, 0.3) is 0 Å². The van der Waals surface area contributed by atoms with E-state index in [1.54, 1.807) is 6.92 Å². The summed E-state index contributed by atoms with van der Waals surface area (Å²) in [7, 11) is 0. The molecule has 2 rings (SSSR count). The number of anilines is 1. The Labute approximate surface area is 121 Å². The number of hydrogen-bond acceptors (Lipinski definition) is 3. The average Bonchev–Trinajstić information content (AvgIpc) is 2.90. The zero-order chi connectivity index (χ0) is 15.6. The van der Waals surface area contributed by atoms with Crippen molar-refractivity contribution in [3.63, 3.8) is 0 Å². The number of aromatic carboxylic acids is 1. The van der Waals surface area contributed by atoms with Gasteiger partial charge in [0, 0.05) is 19.0 Å².